The Labute approximate surface area is 86.9 Å². The van der Waals surface area contributed by atoms with Gasteiger partial charge in [-0.1, -0.05) is 0 Å². The van der Waals surface area contributed by atoms with Gasteiger partial charge in [0, 0.05) is 6.07 Å². The highest BCUT2D eigenvalue weighted by Gasteiger charge is 2.11. The first-order chi connectivity index (χ1) is 6.58. The molecule has 0 radical (unpaired) electrons. The van der Waals surface area contributed by atoms with E-state index in [4.69, 9.17) is 9.52 Å². The van der Waals surface area contributed by atoms with Gasteiger partial charge in [0.05, 0.1) is 10.9 Å². The lowest BCUT2D eigenvalue weighted by molar-refractivity contribution is 0.0696. The molecule has 14 heavy (non-hydrogen) atoms. The first-order valence-electron chi connectivity index (χ1n) is 3.73. The highest BCUT2D eigenvalue weighted by molar-refractivity contribution is 9.10. The molecular weight excluding hydrogens is 252 g/mol. The summed E-state index contributed by atoms with van der Waals surface area (Å²) in [5.74, 6) is -1.20. The quantitative estimate of drug-likeness (QED) is 0.823. The van der Waals surface area contributed by atoms with E-state index >= 15 is 0 Å². The van der Waals surface area contributed by atoms with Gasteiger partial charge in [-0.05, 0) is 28.1 Å². The van der Waals surface area contributed by atoms with E-state index < -0.39 is 5.97 Å². The van der Waals surface area contributed by atoms with E-state index in [2.05, 4.69) is 15.9 Å². The van der Waals surface area contributed by atoms with Crippen molar-refractivity contribution in [3.05, 3.63) is 28.4 Å². The van der Waals surface area contributed by atoms with Crippen LogP contribution in [0.2, 0.25) is 0 Å². The number of aromatic carboxylic acids is 1. The van der Waals surface area contributed by atoms with Crippen molar-refractivity contribution in [1.29, 1.82) is 0 Å². The monoisotopic (exact) mass is 256 g/mol. The van der Waals surface area contributed by atoms with Crippen LogP contribution < -0.4 is 0 Å². The molecule has 0 saturated heterocycles. The SMILES string of the molecule is O=C(O)c1cc(O)c2cc(Br)oc2c1. The van der Waals surface area contributed by atoms with Crippen LogP contribution in [0.5, 0.6) is 5.75 Å². The average molecular weight is 257 g/mol. The van der Waals surface area contributed by atoms with Gasteiger partial charge in [0.15, 0.2) is 4.67 Å². The van der Waals surface area contributed by atoms with Crippen molar-refractivity contribution in [2.24, 2.45) is 0 Å². The number of carbonyl (C=O) groups is 1. The molecule has 0 aliphatic carbocycles. The van der Waals surface area contributed by atoms with Gasteiger partial charge >= 0.3 is 5.97 Å². The molecule has 0 fully saturated rings. The van der Waals surface area contributed by atoms with E-state index in [1.165, 1.54) is 12.1 Å². The second kappa shape index (κ2) is 3.02. The fourth-order valence-corrected chi connectivity index (χ4v) is 1.62. The zero-order chi connectivity index (χ0) is 10.3. The predicted octanol–water partition coefficient (Wildman–Crippen LogP) is 2.60. The molecule has 1 aromatic heterocycles. The average Bonchev–Trinajstić information content (AvgIpc) is 2.45. The number of rotatable bonds is 1. The Balaban J connectivity index is 2.77. The van der Waals surface area contributed by atoms with E-state index in [9.17, 15) is 9.90 Å². The maximum absolute atomic E-state index is 10.6. The van der Waals surface area contributed by atoms with Crippen LogP contribution in [-0.2, 0) is 0 Å². The molecule has 0 atom stereocenters. The lowest BCUT2D eigenvalue weighted by atomic mass is 10.1. The number of phenols is 1. The molecule has 0 unspecified atom stereocenters. The van der Waals surface area contributed by atoms with E-state index in [0.29, 0.717) is 15.6 Å². The highest BCUT2D eigenvalue weighted by Crippen LogP contribution is 2.31. The molecule has 0 spiro atoms. The summed E-state index contributed by atoms with van der Waals surface area (Å²) in [5, 5.41) is 18.7. The number of fused-ring (bicyclic) bond motifs is 1. The Morgan fingerprint density at radius 3 is 2.71 bits per heavy atom. The van der Waals surface area contributed by atoms with Crippen molar-refractivity contribution in [1.82, 2.24) is 0 Å². The van der Waals surface area contributed by atoms with Gasteiger partial charge in [-0.3, -0.25) is 0 Å². The van der Waals surface area contributed by atoms with Crippen LogP contribution in [0.3, 0.4) is 0 Å². The number of aromatic hydroxyl groups is 1. The minimum atomic E-state index is -1.10. The van der Waals surface area contributed by atoms with Crippen LogP contribution in [0.15, 0.2) is 27.3 Å². The van der Waals surface area contributed by atoms with E-state index in [1.807, 2.05) is 0 Å². The molecule has 0 amide bonds. The van der Waals surface area contributed by atoms with Crippen LogP contribution in [0, 0.1) is 0 Å². The topological polar surface area (TPSA) is 70.7 Å². The van der Waals surface area contributed by atoms with Gasteiger partial charge in [0.2, 0.25) is 0 Å². The second-order valence-electron chi connectivity index (χ2n) is 2.76. The third kappa shape index (κ3) is 1.35. The van der Waals surface area contributed by atoms with E-state index in [-0.39, 0.29) is 11.3 Å². The predicted molar refractivity (Wildman–Crippen MR) is 52.5 cm³/mol. The van der Waals surface area contributed by atoms with Crippen LogP contribution in [0.1, 0.15) is 10.4 Å². The molecule has 0 bridgehead atoms. The normalized spacial score (nSPS) is 10.6. The van der Waals surface area contributed by atoms with Gasteiger partial charge in [-0.25, -0.2) is 4.79 Å². The molecule has 2 rings (SSSR count). The number of phenolic OH excluding ortho intramolecular Hbond substituents is 1. The number of hydrogen-bond acceptors (Lipinski definition) is 3. The standard InChI is InChI=1S/C9H5BrO4/c10-8-3-5-6(11)1-4(9(12)13)2-7(5)14-8/h1-3,11H,(H,12,13). The minimum absolute atomic E-state index is 0.00292. The summed E-state index contributed by atoms with van der Waals surface area (Å²) in [7, 11) is 0. The lowest BCUT2D eigenvalue weighted by Gasteiger charge is -1.96. The first-order valence-corrected chi connectivity index (χ1v) is 4.52. The van der Waals surface area contributed by atoms with Crippen molar-refractivity contribution < 1.29 is 19.4 Å². The van der Waals surface area contributed by atoms with E-state index in [0.717, 1.165) is 0 Å². The minimum Gasteiger partial charge on any atom is -0.507 e. The molecule has 5 heteroatoms. The van der Waals surface area contributed by atoms with Crippen molar-refractivity contribution in [3.63, 3.8) is 0 Å². The lowest BCUT2D eigenvalue weighted by Crippen LogP contribution is -1.94. The van der Waals surface area contributed by atoms with Gasteiger partial charge in [0.25, 0.3) is 0 Å². The summed E-state index contributed by atoms with van der Waals surface area (Å²) in [5.41, 5.74) is 0.339. The molecule has 2 N–H and O–H groups in total. The summed E-state index contributed by atoms with van der Waals surface area (Å²) in [6.07, 6.45) is 0. The first kappa shape index (κ1) is 9.08. The number of halogens is 1. The second-order valence-corrected chi connectivity index (χ2v) is 3.54. The molecule has 1 aromatic carbocycles. The number of hydrogen-bond donors (Lipinski definition) is 2. The Morgan fingerprint density at radius 2 is 2.07 bits per heavy atom. The molecule has 0 aliphatic heterocycles. The molecular formula is C9H5BrO4. The summed E-state index contributed by atoms with van der Waals surface area (Å²) in [6, 6.07) is 4.13. The van der Waals surface area contributed by atoms with Crippen LogP contribution >= 0.6 is 15.9 Å². The van der Waals surface area contributed by atoms with Gasteiger partial charge in [-0.2, -0.15) is 0 Å². The van der Waals surface area contributed by atoms with Gasteiger partial charge in [-0.15, -0.1) is 0 Å². The Hall–Kier alpha value is -1.49. The number of benzene rings is 1. The molecule has 0 saturated carbocycles. The number of carboxylic acid groups (broad SMARTS) is 1. The molecule has 0 aliphatic rings. The zero-order valence-electron chi connectivity index (χ0n) is 6.82. The fraction of sp³-hybridized carbons (Fsp3) is 0. The van der Waals surface area contributed by atoms with Gasteiger partial charge in [0.1, 0.15) is 11.3 Å². The summed E-state index contributed by atoms with van der Waals surface area (Å²) < 4.78 is 5.58. The highest BCUT2D eigenvalue weighted by atomic mass is 79.9. The third-order valence-corrected chi connectivity index (χ3v) is 2.22. The van der Waals surface area contributed by atoms with Crippen molar-refractivity contribution in [3.8, 4) is 5.75 Å². The Morgan fingerprint density at radius 1 is 1.36 bits per heavy atom. The summed E-state index contributed by atoms with van der Waals surface area (Å²) in [4.78, 5) is 10.6. The van der Waals surface area contributed by atoms with Crippen LogP contribution in [0.4, 0.5) is 0 Å². The summed E-state index contributed by atoms with van der Waals surface area (Å²) >= 11 is 3.10. The largest absolute Gasteiger partial charge is 0.507 e. The fourth-order valence-electron chi connectivity index (χ4n) is 1.21. The maximum Gasteiger partial charge on any atom is 0.335 e. The maximum atomic E-state index is 10.6. The molecule has 1 heterocycles. The van der Waals surface area contributed by atoms with Crippen molar-refractivity contribution in [2.75, 3.05) is 0 Å². The zero-order valence-corrected chi connectivity index (χ0v) is 8.41. The van der Waals surface area contributed by atoms with E-state index in [1.54, 1.807) is 6.07 Å². The molecule has 72 valence electrons. The number of furan rings is 1. The van der Waals surface area contributed by atoms with Crippen molar-refractivity contribution in [2.45, 2.75) is 0 Å². The van der Waals surface area contributed by atoms with Gasteiger partial charge < -0.3 is 14.6 Å². The molecule has 4 nitrogen and oxygen atoms in total. The third-order valence-electron chi connectivity index (χ3n) is 1.83. The van der Waals surface area contributed by atoms with Crippen LogP contribution in [0.25, 0.3) is 11.0 Å². The number of carboxylic acids is 1. The molecule has 2 aromatic rings. The Kier molecular flexibility index (Phi) is 1.96. The van der Waals surface area contributed by atoms with Crippen LogP contribution in [-0.4, -0.2) is 16.2 Å². The Bertz CT molecular complexity index is 515. The summed E-state index contributed by atoms with van der Waals surface area (Å²) in [6.45, 7) is 0. The van der Waals surface area contributed by atoms with Crippen molar-refractivity contribution >= 4 is 32.9 Å². The smallest absolute Gasteiger partial charge is 0.335 e.